The second-order valence-corrected chi connectivity index (χ2v) is 5.00. The van der Waals surface area contributed by atoms with E-state index in [9.17, 15) is 8.78 Å². The quantitative estimate of drug-likeness (QED) is 0.837. The summed E-state index contributed by atoms with van der Waals surface area (Å²) in [6, 6.07) is 3.77. The zero-order valence-electron chi connectivity index (χ0n) is 8.30. The number of piperidine rings is 1. The zero-order chi connectivity index (χ0) is 10.7. The first kappa shape index (κ1) is 10.9. The summed E-state index contributed by atoms with van der Waals surface area (Å²) in [6.07, 6.45) is 2.22. The summed E-state index contributed by atoms with van der Waals surface area (Å²) in [5, 5.41) is 3.67. The number of nitrogens with one attached hydrogen (secondary N) is 1. The molecular formula is C11H13F2NS. The van der Waals surface area contributed by atoms with E-state index in [1.165, 1.54) is 23.9 Å². The summed E-state index contributed by atoms with van der Waals surface area (Å²) >= 11 is 1.50. The second-order valence-electron chi connectivity index (χ2n) is 3.66. The Labute approximate surface area is 92.3 Å². The summed E-state index contributed by atoms with van der Waals surface area (Å²) < 4.78 is 26.0. The molecule has 1 saturated heterocycles. The fraction of sp³-hybridized carbons (Fsp3) is 0.455. The van der Waals surface area contributed by atoms with Crippen molar-refractivity contribution in [2.75, 3.05) is 13.1 Å². The van der Waals surface area contributed by atoms with Crippen molar-refractivity contribution in [1.82, 2.24) is 5.32 Å². The van der Waals surface area contributed by atoms with Gasteiger partial charge in [0.2, 0.25) is 0 Å². The number of hydrogen-bond donors (Lipinski definition) is 1. The molecule has 1 heterocycles. The molecule has 4 heteroatoms. The highest BCUT2D eigenvalue weighted by Gasteiger charge is 2.16. The third-order valence-corrected chi connectivity index (χ3v) is 3.76. The first-order chi connectivity index (χ1) is 7.25. The Morgan fingerprint density at radius 1 is 1.33 bits per heavy atom. The van der Waals surface area contributed by atoms with Crippen molar-refractivity contribution >= 4 is 11.8 Å². The summed E-state index contributed by atoms with van der Waals surface area (Å²) in [5.74, 6) is -0.968. The summed E-state index contributed by atoms with van der Waals surface area (Å²) in [7, 11) is 0. The summed E-state index contributed by atoms with van der Waals surface area (Å²) in [4.78, 5) is 0.546. The van der Waals surface area contributed by atoms with Crippen LogP contribution in [-0.2, 0) is 0 Å². The van der Waals surface area contributed by atoms with Crippen LogP contribution in [0.1, 0.15) is 12.8 Å². The Bertz CT molecular complexity index is 337. The number of hydrogen-bond acceptors (Lipinski definition) is 2. The van der Waals surface area contributed by atoms with E-state index in [0.717, 1.165) is 32.0 Å². The van der Waals surface area contributed by atoms with Crippen molar-refractivity contribution in [2.24, 2.45) is 0 Å². The van der Waals surface area contributed by atoms with Crippen LogP contribution in [0.15, 0.2) is 23.1 Å². The lowest BCUT2D eigenvalue weighted by Gasteiger charge is -2.22. The topological polar surface area (TPSA) is 12.0 Å². The van der Waals surface area contributed by atoms with Crippen LogP contribution in [-0.4, -0.2) is 18.3 Å². The molecule has 0 radical (unpaired) electrons. The second kappa shape index (κ2) is 4.94. The van der Waals surface area contributed by atoms with Gasteiger partial charge in [0.15, 0.2) is 0 Å². The molecule has 1 aromatic rings. The Hall–Kier alpha value is -0.610. The van der Waals surface area contributed by atoms with Gasteiger partial charge >= 0.3 is 0 Å². The van der Waals surface area contributed by atoms with E-state index in [4.69, 9.17) is 0 Å². The van der Waals surface area contributed by atoms with E-state index < -0.39 is 11.6 Å². The van der Waals surface area contributed by atoms with E-state index in [-0.39, 0.29) is 0 Å². The van der Waals surface area contributed by atoms with Crippen LogP contribution in [0.3, 0.4) is 0 Å². The molecule has 0 bridgehead atoms. The molecule has 1 nitrogen and oxygen atoms in total. The van der Waals surface area contributed by atoms with Crippen molar-refractivity contribution in [3.63, 3.8) is 0 Å². The maximum atomic E-state index is 13.3. The average molecular weight is 229 g/mol. The highest BCUT2D eigenvalue weighted by Crippen LogP contribution is 2.29. The van der Waals surface area contributed by atoms with E-state index in [1.807, 2.05) is 0 Å². The fourth-order valence-corrected chi connectivity index (χ4v) is 2.83. The van der Waals surface area contributed by atoms with Gasteiger partial charge in [-0.05, 0) is 31.5 Å². The van der Waals surface area contributed by atoms with E-state index in [1.54, 1.807) is 0 Å². The molecule has 0 aromatic heterocycles. The van der Waals surface area contributed by atoms with E-state index in [0.29, 0.717) is 10.1 Å². The van der Waals surface area contributed by atoms with Crippen LogP contribution in [0.5, 0.6) is 0 Å². The number of halogens is 2. The standard InChI is InChI=1S/C11H13F2NS/c12-8-3-4-11(10(13)6-8)15-9-2-1-5-14-7-9/h3-4,6,9,14H,1-2,5,7H2/t9-/m0/s1. The van der Waals surface area contributed by atoms with Gasteiger partial charge in [0.25, 0.3) is 0 Å². The summed E-state index contributed by atoms with van der Waals surface area (Å²) in [5.41, 5.74) is 0. The largest absolute Gasteiger partial charge is 0.316 e. The molecule has 0 unspecified atom stereocenters. The van der Waals surface area contributed by atoms with Crippen LogP contribution >= 0.6 is 11.8 Å². The SMILES string of the molecule is Fc1ccc(S[C@H]2CCCNC2)c(F)c1. The first-order valence-electron chi connectivity index (χ1n) is 5.08. The predicted molar refractivity (Wildman–Crippen MR) is 58.1 cm³/mol. The van der Waals surface area contributed by atoms with Crippen LogP contribution in [0.4, 0.5) is 8.78 Å². The maximum absolute atomic E-state index is 13.3. The molecule has 1 aliphatic heterocycles. The Morgan fingerprint density at radius 2 is 2.20 bits per heavy atom. The molecule has 15 heavy (non-hydrogen) atoms. The first-order valence-corrected chi connectivity index (χ1v) is 5.96. The summed E-state index contributed by atoms with van der Waals surface area (Å²) in [6.45, 7) is 1.95. The molecule has 1 N–H and O–H groups in total. The molecule has 0 spiro atoms. The fourth-order valence-electron chi connectivity index (χ4n) is 1.67. The molecule has 1 aromatic carbocycles. The maximum Gasteiger partial charge on any atom is 0.139 e. The van der Waals surface area contributed by atoms with Crippen molar-refractivity contribution in [3.8, 4) is 0 Å². The Kier molecular flexibility index (Phi) is 3.59. The lowest BCUT2D eigenvalue weighted by Crippen LogP contribution is -2.31. The highest BCUT2D eigenvalue weighted by molar-refractivity contribution is 8.00. The highest BCUT2D eigenvalue weighted by atomic mass is 32.2. The van der Waals surface area contributed by atoms with Crippen molar-refractivity contribution in [2.45, 2.75) is 23.0 Å². The normalized spacial score (nSPS) is 21.6. The van der Waals surface area contributed by atoms with Crippen LogP contribution in [0.25, 0.3) is 0 Å². The minimum absolute atomic E-state index is 0.402. The number of thioether (sulfide) groups is 1. The molecule has 0 saturated carbocycles. The third-order valence-electron chi connectivity index (χ3n) is 2.44. The van der Waals surface area contributed by atoms with Gasteiger partial charge in [0.1, 0.15) is 11.6 Å². The molecule has 1 aliphatic rings. The predicted octanol–water partition coefficient (Wildman–Crippen LogP) is 2.81. The molecule has 0 aliphatic carbocycles. The minimum atomic E-state index is -0.515. The van der Waals surface area contributed by atoms with Crippen molar-refractivity contribution < 1.29 is 8.78 Å². The molecule has 2 rings (SSSR count). The van der Waals surface area contributed by atoms with Crippen molar-refractivity contribution in [3.05, 3.63) is 29.8 Å². The van der Waals surface area contributed by atoms with Gasteiger partial charge in [-0.25, -0.2) is 8.78 Å². The smallest absolute Gasteiger partial charge is 0.139 e. The van der Waals surface area contributed by atoms with E-state index in [2.05, 4.69) is 5.32 Å². The van der Waals surface area contributed by atoms with Crippen molar-refractivity contribution in [1.29, 1.82) is 0 Å². The van der Waals surface area contributed by atoms with Gasteiger partial charge in [-0.2, -0.15) is 0 Å². The van der Waals surface area contributed by atoms with Crippen LogP contribution in [0.2, 0.25) is 0 Å². The number of rotatable bonds is 2. The Morgan fingerprint density at radius 3 is 2.87 bits per heavy atom. The van der Waals surface area contributed by atoms with Gasteiger partial charge in [-0.1, -0.05) is 0 Å². The zero-order valence-corrected chi connectivity index (χ0v) is 9.12. The molecule has 1 fully saturated rings. The Balaban J connectivity index is 2.03. The lowest BCUT2D eigenvalue weighted by atomic mass is 10.2. The average Bonchev–Trinajstić information content (AvgIpc) is 2.24. The third kappa shape index (κ3) is 2.92. The molecule has 1 atom stereocenters. The van der Waals surface area contributed by atoms with Gasteiger partial charge in [-0.15, -0.1) is 11.8 Å². The number of benzene rings is 1. The monoisotopic (exact) mass is 229 g/mol. The minimum Gasteiger partial charge on any atom is -0.316 e. The van der Waals surface area contributed by atoms with E-state index >= 15 is 0 Å². The van der Waals surface area contributed by atoms with Gasteiger partial charge < -0.3 is 5.32 Å². The van der Waals surface area contributed by atoms with Gasteiger partial charge in [0, 0.05) is 22.8 Å². The molecule has 82 valence electrons. The lowest BCUT2D eigenvalue weighted by molar-refractivity contribution is 0.529. The molecule has 0 amide bonds. The van der Waals surface area contributed by atoms with Gasteiger partial charge in [-0.3, -0.25) is 0 Å². The van der Waals surface area contributed by atoms with Crippen LogP contribution in [0, 0.1) is 11.6 Å². The molecular weight excluding hydrogens is 216 g/mol. The van der Waals surface area contributed by atoms with Crippen LogP contribution < -0.4 is 5.32 Å². The van der Waals surface area contributed by atoms with Gasteiger partial charge in [0.05, 0.1) is 0 Å².